The summed E-state index contributed by atoms with van der Waals surface area (Å²) in [4.78, 5) is 10.2. The van der Waals surface area contributed by atoms with Crippen molar-refractivity contribution in [2.45, 2.75) is 6.92 Å². The lowest BCUT2D eigenvalue weighted by Crippen LogP contribution is -2.25. The molecule has 2 aromatic rings. The van der Waals surface area contributed by atoms with E-state index in [-0.39, 0.29) is 6.61 Å². The largest absolute Gasteiger partial charge is 0.395 e. The maximum absolute atomic E-state index is 9.03. The highest BCUT2D eigenvalue weighted by Gasteiger charge is 2.02. The molecular formula is C16H19N3O. The number of likely N-dealkylation sites (N-methyl/N-ethyl adjacent to an activating group) is 1. The minimum atomic E-state index is 0.170. The number of nitrogens with zero attached hydrogens (tertiary/aromatic N) is 3. The summed E-state index contributed by atoms with van der Waals surface area (Å²) in [5, 5.41) is 9.03. The zero-order valence-corrected chi connectivity index (χ0v) is 11.6. The first-order chi connectivity index (χ1) is 9.83. The van der Waals surface area contributed by atoms with Crippen molar-refractivity contribution in [3.63, 3.8) is 0 Å². The molecule has 0 aliphatic heterocycles. The summed E-state index contributed by atoms with van der Waals surface area (Å²) in [6.07, 6.45) is 7.25. The number of benzene rings is 1. The van der Waals surface area contributed by atoms with Crippen molar-refractivity contribution in [2.75, 3.05) is 24.6 Å². The maximum Gasteiger partial charge on any atom is 0.115 e. The van der Waals surface area contributed by atoms with Gasteiger partial charge < -0.3 is 10.0 Å². The smallest absolute Gasteiger partial charge is 0.115 e. The third kappa shape index (κ3) is 3.90. The summed E-state index contributed by atoms with van der Waals surface area (Å²) in [6, 6.07) is 10.1. The molecule has 0 radical (unpaired) electrons. The molecule has 0 spiro atoms. The molecular weight excluding hydrogens is 250 g/mol. The van der Waals surface area contributed by atoms with Crippen LogP contribution in [0.4, 0.5) is 5.69 Å². The summed E-state index contributed by atoms with van der Waals surface area (Å²) in [6.45, 7) is 3.80. The Hall–Kier alpha value is -2.20. The number of rotatable bonds is 6. The van der Waals surface area contributed by atoms with E-state index in [2.05, 4.69) is 46.1 Å². The lowest BCUT2D eigenvalue weighted by Gasteiger charge is -2.21. The van der Waals surface area contributed by atoms with Crippen molar-refractivity contribution < 1.29 is 5.11 Å². The Morgan fingerprint density at radius 1 is 1.15 bits per heavy atom. The second-order valence-corrected chi connectivity index (χ2v) is 4.36. The van der Waals surface area contributed by atoms with Gasteiger partial charge in [0.15, 0.2) is 0 Å². The summed E-state index contributed by atoms with van der Waals surface area (Å²) < 4.78 is 0. The highest BCUT2D eigenvalue weighted by Crippen LogP contribution is 2.16. The Bertz CT molecular complexity index is 537. The van der Waals surface area contributed by atoms with E-state index in [0.717, 1.165) is 23.5 Å². The molecule has 1 aromatic carbocycles. The Morgan fingerprint density at radius 2 is 1.95 bits per heavy atom. The molecule has 20 heavy (non-hydrogen) atoms. The van der Waals surface area contributed by atoms with Crippen LogP contribution in [0.3, 0.4) is 0 Å². The van der Waals surface area contributed by atoms with Crippen LogP contribution in [0.1, 0.15) is 18.2 Å². The molecule has 0 saturated carbocycles. The van der Waals surface area contributed by atoms with E-state index >= 15 is 0 Å². The number of aliphatic hydroxyl groups is 1. The van der Waals surface area contributed by atoms with Gasteiger partial charge >= 0.3 is 0 Å². The molecule has 0 bridgehead atoms. The van der Waals surface area contributed by atoms with Gasteiger partial charge in [0.1, 0.15) is 6.33 Å². The van der Waals surface area contributed by atoms with E-state index in [1.807, 2.05) is 18.2 Å². The van der Waals surface area contributed by atoms with Crippen LogP contribution in [0.15, 0.2) is 42.9 Å². The van der Waals surface area contributed by atoms with Crippen molar-refractivity contribution in [1.82, 2.24) is 9.97 Å². The van der Waals surface area contributed by atoms with Crippen molar-refractivity contribution in [3.8, 4) is 0 Å². The molecule has 4 nitrogen and oxygen atoms in total. The zero-order valence-electron chi connectivity index (χ0n) is 11.6. The standard InChI is InChI=1S/C16H19N3O/c1-2-19(11-12-20)16-7-4-14(5-8-16)3-6-15-9-10-17-13-18-15/h3-10,13,20H,2,11-12H2,1H3/b6-3+. The van der Waals surface area contributed by atoms with E-state index in [4.69, 9.17) is 5.11 Å². The molecule has 0 fully saturated rings. The Balaban J connectivity index is 2.06. The highest BCUT2D eigenvalue weighted by molar-refractivity contribution is 5.68. The van der Waals surface area contributed by atoms with Crippen LogP contribution >= 0.6 is 0 Å². The van der Waals surface area contributed by atoms with Gasteiger partial charge in [-0.3, -0.25) is 0 Å². The molecule has 0 atom stereocenters. The summed E-state index contributed by atoms with van der Waals surface area (Å²) in [5.41, 5.74) is 3.13. The number of aromatic nitrogens is 2. The van der Waals surface area contributed by atoms with Crippen LogP contribution in [0.2, 0.25) is 0 Å². The van der Waals surface area contributed by atoms with E-state index in [0.29, 0.717) is 6.54 Å². The van der Waals surface area contributed by atoms with Crippen molar-refractivity contribution in [3.05, 3.63) is 54.1 Å². The minimum Gasteiger partial charge on any atom is -0.395 e. The zero-order chi connectivity index (χ0) is 14.2. The first kappa shape index (κ1) is 14.2. The third-order valence-corrected chi connectivity index (χ3v) is 3.06. The molecule has 0 aliphatic carbocycles. The van der Waals surface area contributed by atoms with E-state index in [9.17, 15) is 0 Å². The molecule has 4 heteroatoms. The molecule has 0 saturated heterocycles. The molecule has 1 N–H and O–H groups in total. The quantitative estimate of drug-likeness (QED) is 0.875. The van der Waals surface area contributed by atoms with Gasteiger partial charge in [-0.25, -0.2) is 9.97 Å². The first-order valence-corrected chi connectivity index (χ1v) is 6.73. The molecule has 2 rings (SSSR count). The minimum absolute atomic E-state index is 0.170. The van der Waals surface area contributed by atoms with Gasteiger partial charge in [0.05, 0.1) is 12.3 Å². The van der Waals surface area contributed by atoms with Gasteiger partial charge in [0, 0.05) is 25.0 Å². The van der Waals surface area contributed by atoms with Gasteiger partial charge in [-0.05, 0) is 36.8 Å². The third-order valence-electron chi connectivity index (χ3n) is 3.06. The highest BCUT2D eigenvalue weighted by atomic mass is 16.3. The Morgan fingerprint density at radius 3 is 2.55 bits per heavy atom. The Kier molecular flexibility index (Phi) is 5.26. The lowest BCUT2D eigenvalue weighted by molar-refractivity contribution is 0.302. The fraction of sp³-hybridized carbons (Fsp3) is 0.250. The lowest BCUT2D eigenvalue weighted by atomic mass is 10.1. The second-order valence-electron chi connectivity index (χ2n) is 4.36. The molecule has 1 aromatic heterocycles. The van der Waals surface area contributed by atoms with Crippen LogP contribution in [-0.4, -0.2) is 34.8 Å². The number of hydrogen-bond donors (Lipinski definition) is 1. The average Bonchev–Trinajstić information content (AvgIpc) is 2.52. The summed E-state index contributed by atoms with van der Waals surface area (Å²) >= 11 is 0. The van der Waals surface area contributed by atoms with Crippen LogP contribution in [-0.2, 0) is 0 Å². The van der Waals surface area contributed by atoms with Gasteiger partial charge in [-0.1, -0.05) is 18.2 Å². The van der Waals surface area contributed by atoms with Gasteiger partial charge in [-0.2, -0.15) is 0 Å². The summed E-state index contributed by atoms with van der Waals surface area (Å²) in [7, 11) is 0. The monoisotopic (exact) mass is 269 g/mol. The van der Waals surface area contributed by atoms with E-state index < -0.39 is 0 Å². The van der Waals surface area contributed by atoms with Crippen LogP contribution in [0, 0.1) is 0 Å². The second kappa shape index (κ2) is 7.40. The van der Waals surface area contributed by atoms with Crippen molar-refractivity contribution in [1.29, 1.82) is 0 Å². The summed E-state index contributed by atoms with van der Waals surface area (Å²) in [5.74, 6) is 0. The van der Waals surface area contributed by atoms with Gasteiger partial charge in [-0.15, -0.1) is 0 Å². The van der Waals surface area contributed by atoms with Gasteiger partial charge in [0.2, 0.25) is 0 Å². The molecule has 0 amide bonds. The van der Waals surface area contributed by atoms with Crippen molar-refractivity contribution >= 4 is 17.8 Å². The maximum atomic E-state index is 9.03. The normalized spacial score (nSPS) is 10.9. The van der Waals surface area contributed by atoms with E-state index in [1.165, 1.54) is 6.33 Å². The number of aliphatic hydroxyl groups excluding tert-OH is 1. The first-order valence-electron chi connectivity index (χ1n) is 6.73. The predicted octanol–water partition coefficient (Wildman–Crippen LogP) is 2.47. The Labute approximate surface area is 119 Å². The fourth-order valence-corrected chi connectivity index (χ4v) is 1.97. The number of anilines is 1. The SMILES string of the molecule is CCN(CCO)c1ccc(/C=C/c2ccncn2)cc1. The molecule has 0 aliphatic rings. The molecule has 104 valence electrons. The number of hydrogen-bond acceptors (Lipinski definition) is 4. The van der Waals surface area contributed by atoms with E-state index in [1.54, 1.807) is 6.20 Å². The fourth-order valence-electron chi connectivity index (χ4n) is 1.97. The van der Waals surface area contributed by atoms with Crippen LogP contribution in [0.5, 0.6) is 0 Å². The molecule has 0 unspecified atom stereocenters. The van der Waals surface area contributed by atoms with Gasteiger partial charge in [0.25, 0.3) is 0 Å². The average molecular weight is 269 g/mol. The topological polar surface area (TPSA) is 49.2 Å². The van der Waals surface area contributed by atoms with Crippen LogP contribution < -0.4 is 4.90 Å². The molecule has 1 heterocycles. The predicted molar refractivity (Wildman–Crippen MR) is 82.4 cm³/mol. The van der Waals surface area contributed by atoms with Crippen molar-refractivity contribution in [2.24, 2.45) is 0 Å². The van der Waals surface area contributed by atoms with Crippen LogP contribution in [0.25, 0.3) is 12.2 Å².